The molecule has 0 saturated carbocycles. The summed E-state index contributed by atoms with van der Waals surface area (Å²) in [6, 6.07) is 5.38. The maximum absolute atomic E-state index is 3.66. The van der Waals surface area contributed by atoms with Crippen LogP contribution in [0, 0.1) is 20.8 Å². The van der Waals surface area contributed by atoms with E-state index in [1.165, 1.54) is 61.2 Å². The van der Waals surface area contributed by atoms with Crippen LogP contribution in [0.25, 0.3) is 0 Å². The van der Waals surface area contributed by atoms with Crippen LogP contribution >= 0.6 is 0 Å². The molecule has 1 saturated heterocycles. The Morgan fingerprint density at radius 2 is 1.70 bits per heavy atom. The Morgan fingerprint density at radius 1 is 1.10 bits per heavy atom. The average molecular weight is 274 g/mol. The molecule has 20 heavy (non-hydrogen) atoms. The van der Waals surface area contributed by atoms with Gasteiger partial charge in [0.05, 0.1) is 0 Å². The first kappa shape index (κ1) is 15.5. The number of nitrogens with one attached hydrogen (secondary N) is 1. The summed E-state index contributed by atoms with van der Waals surface area (Å²) in [6.07, 6.45) is 3.83. The Balaban J connectivity index is 1.90. The first-order chi connectivity index (χ1) is 9.60. The molecule has 0 bridgehead atoms. The standard InChI is InChI=1S/C18H30N2/c1-5-8-19-17-6-9-20(10-7-17)13-18-15(3)11-14(2)12-16(18)4/h11-12,17,19H,5-10,13H2,1-4H3. The first-order valence-electron chi connectivity index (χ1n) is 8.12. The van der Waals surface area contributed by atoms with Crippen molar-refractivity contribution in [1.82, 2.24) is 10.2 Å². The summed E-state index contributed by atoms with van der Waals surface area (Å²) in [5, 5.41) is 3.66. The van der Waals surface area contributed by atoms with Gasteiger partial charge in [-0.25, -0.2) is 0 Å². The van der Waals surface area contributed by atoms with E-state index >= 15 is 0 Å². The number of hydrogen-bond donors (Lipinski definition) is 1. The van der Waals surface area contributed by atoms with E-state index in [1.54, 1.807) is 0 Å². The summed E-state index contributed by atoms with van der Waals surface area (Å²) in [4.78, 5) is 2.62. The van der Waals surface area contributed by atoms with E-state index in [0.29, 0.717) is 0 Å². The fourth-order valence-corrected chi connectivity index (χ4v) is 3.33. The van der Waals surface area contributed by atoms with Gasteiger partial charge in [-0.15, -0.1) is 0 Å². The molecule has 1 heterocycles. The van der Waals surface area contributed by atoms with Crippen molar-refractivity contribution in [2.24, 2.45) is 0 Å². The van der Waals surface area contributed by atoms with Gasteiger partial charge < -0.3 is 5.32 Å². The monoisotopic (exact) mass is 274 g/mol. The van der Waals surface area contributed by atoms with Gasteiger partial charge in [-0.2, -0.15) is 0 Å². The van der Waals surface area contributed by atoms with Crippen LogP contribution in [-0.2, 0) is 6.54 Å². The van der Waals surface area contributed by atoms with E-state index in [-0.39, 0.29) is 0 Å². The van der Waals surface area contributed by atoms with Crippen LogP contribution in [0.1, 0.15) is 48.4 Å². The Hall–Kier alpha value is -0.860. The molecule has 2 nitrogen and oxygen atoms in total. The van der Waals surface area contributed by atoms with Gasteiger partial charge in [0.1, 0.15) is 0 Å². The number of nitrogens with zero attached hydrogens (tertiary/aromatic N) is 1. The van der Waals surface area contributed by atoms with E-state index in [4.69, 9.17) is 0 Å². The van der Waals surface area contributed by atoms with Crippen LogP contribution in [0.2, 0.25) is 0 Å². The molecule has 0 radical (unpaired) electrons. The third-order valence-corrected chi connectivity index (χ3v) is 4.49. The molecule has 0 aromatic heterocycles. The number of aryl methyl sites for hydroxylation is 3. The van der Waals surface area contributed by atoms with Crippen LogP contribution in [0.3, 0.4) is 0 Å². The highest BCUT2D eigenvalue weighted by Crippen LogP contribution is 2.20. The third-order valence-electron chi connectivity index (χ3n) is 4.49. The van der Waals surface area contributed by atoms with E-state index < -0.39 is 0 Å². The lowest BCUT2D eigenvalue weighted by atomic mass is 9.98. The summed E-state index contributed by atoms with van der Waals surface area (Å²) in [7, 11) is 0. The van der Waals surface area contributed by atoms with Crippen molar-refractivity contribution >= 4 is 0 Å². The molecule has 0 atom stereocenters. The minimum atomic E-state index is 0.742. The minimum Gasteiger partial charge on any atom is -0.314 e. The third kappa shape index (κ3) is 4.07. The number of hydrogen-bond acceptors (Lipinski definition) is 2. The van der Waals surface area contributed by atoms with Crippen LogP contribution in [0.4, 0.5) is 0 Å². The zero-order chi connectivity index (χ0) is 14.5. The van der Waals surface area contributed by atoms with Gasteiger partial charge in [-0.1, -0.05) is 24.6 Å². The van der Waals surface area contributed by atoms with Gasteiger partial charge in [-0.3, -0.25) is 4.90 Å². The molecule has 0 amide bonds. The van der Waals surface area contributed by atoms with Crippen molar-refractivity contribution in [3.05, 3.63) is 34.4 Å². The van der Waals surface area contributed by atoms with Crippen LogP contribution in [0.5, 0.6) is 0 Å². The van der Waals surface area contributed by atoms with E-state index in [2.05, 4.69) is 50.0 Å². The quantitative estimate of drug-likeness (QED) is 0.883. The highest BCUT2D eigenvalue weighted by molar-refractivity contribution is 5.37. The van der Waals surface area contributed by atoms with Crippen molar-refractivity contribution in [3.63, 3.8) is 0 Å². The summed E-state index contributed by atoms with van der Waals surface area (Å²) >= 11 is 0. The topological polar surface area (TPSA) is 15.3 Å². The fraction of sp³-hybridized carbons (Fsp3) is 0.667. The van der Waals surface area contributed by atoms with Gasteiger partial charge in [0.2, 0.25) is 0 Å². The highest BCUT2D eigenvalue weighted by Gasteiger charge is 2.19. The van der Waals surface area contributed by atoms with Gasteiger partial charge in [0.15, 0.2) is 0 Å². The van der Waals surface area contributed by atoms with Gasteiger partial charge >= 0.3 is 0 Å². The lowest BCUT2D eigenvalue weighted by Gasteiger charge is -2.33. The second-order valence-electron chi connectivity index (χ2n) is 6.38. The molecule has 1 fully saturated rings. The molecule has 2 heteroatoms. The predicted molar refractivity (Wildman–Crippen MR) is 87.2 cm³/mol. The summed E-state index contributed by atoms with van der Waals surface area (Å²) in [5.74, 6) is 0. The molecule has 112 valence electrons. The molecule has 1 aliphatic heterocycles. The molecular weight excluding hydrogens is 244 g/mol. The van der Waals surface area contributed by atoms with Gasteiger partial charge in [-0.05, 0) is 76.4 Å². The normalized spacial score (nSPS) is 17.6. The zero-order valence-electron chi connectivity index (χ0n) is 13.6. The molecular formula is C18H30N2. The van der Waals surface area contributed by atoms with Crippen molar-refractivity contribution < 1.29 is 0 Å². The van der Waals surface area contributed by atoms with Crippen LogP contribution in [-0.4, -0.2) is 30.6 Å². The minimum absolute atomic E-state index is 0.742. The maximum Gasteiger partial charge on any atom is 0.0239 e. The summed E-state index contributed by atoms with van der Waals surface area (Å²) < 4.78 is 0. The summed E-state index contributed by atoms with van der Waals surface area (Å²) in [5.41, 5.74) is 5.82. The highest BCUT2D eigenvalue weighted by atomic mass is 15.1. The van der Waals surface area contributed by atoms with Crippen molar-refractivity contribution in [1.29, 1.82) is 0 Å². The van der Waals surface area contributed by atoms with Crippen molar-refractivity contribution in [3.8, 4) is 0 Å². The lowest BCUT2D eigenvalue weighted by molar-refractivity contribution is 0.190. The van der Waals surface area contributed by atoms with E-state index in [9.17, 15) is 0 Å². The summed E-state index contributed by atoms with van der Waals surface area (Å²) in [6.45, 7) is 13.7. The second kappa shape index (κ2) is 7.24. The number of likely N-dealkylation sites (tertiary alicyclic amines) is 1. The Bertz CT molecular complexity index is 408. The molecule has 0 spiro atoms. The lowest BCUT2D eigenvalue weighted by Crippen LogP contribution is -2.42. The molecule has 0 aliphatic carbocycles. The Kier molecular flexibility index (Phi) is 5.62. The smallest absolute Gasteiger partial charge is 0.0239 e. The zero-order valence-corrected chi connectivity index (χ0v) is 13.6. The molecule has 0 unspecified atom stereocenters. The number of rotatable bonds is 5. The van der Waals surface area contributed by atoms with Crippen molar-refractivity contribution in [2.75, 3.05) is 19.6 Å². The van der Waals surface area contributed by atoms with Crippen molar-refractivity contribution in [2.45, 2.75) is 59.5 Å². The fourth-order valence-electron chi connectivity index (χ4n) is 3.33. The first-order valence-corrected chi connectivity index (χ1v) is 8.12. The average Bonchev–Trinajstić information content (AvgIpc) is 2.42. The molecule has 1 aromatic rings. The second-order valence-corrected chi connectivity index (χ2v) is 6.38. The molecule has 2 rings (SSSR count). The SMILES string of the molecule is CCCNC1CCN(Cc2c(C)cc(C)cc2C)CC1. The van der Waals surface area contributed by atoms with Gasteiger partial charge in [0.25, 0.3) is 0 Å². The maximum atomic E-state index is 3.66. The Morgan fingerprint density at radius 3 is 2.25 bits per heavy atom. The number of benzene rings is 1. The van der Waals surface area contributed by atoms with Gasteiger partial charge in [0, 0.05) is 12.6 Å². The largest absolute Gasteiger partial charge is 0.314 e. The van der Waals surface area contributed by atoms with E-state index in [1.807, 2.05) is 0 Å². The number of piperidine rings is 1. The van der Waals surface area contributed by atoms with Crippen LogP contribution < -0.4 is 5.32 Å². The van der Waals surface area contributed by atoms with Crippen LogP contribution in [0.15, 0.2) is 12.1 Å². The van der Waals surface area contributed by atoms with E-state index in [0.717, 1.165) is 12.6 Å². The molecule has 1 N–H and O–H groups in total. The molecule has 1 aromatic carbocycles. The Labute approximate surface area is 124 Å². The predicted octanol–water partition coefficient (Wildman–Crippen LogP) is 3.58. The molecule has 1 aliphatic rings.